The van der Waals surface area contributed by atoms with Gasteiger partial charge in [0.15, 0.2) is 0 Å². The number of methoxy groups -OCH3 is 1. The average Bonchev–Trinajstić information content (AvgIpc) is 2.01. The van der Waals surface area contributed by atoms with Gasteiger partial charge in [0.1, 0.15) is 6.54 Å². The Hall–Kier alpha value is -1.30. The van der Waals surface area contributed by atoms with E-state index in [1.165, 1.54) is 7.11 Å². The zero-order chi connectivity index (χ0) is 9.40. The van der Waals surface area contributed by atoms with Crippen molar-refractivity contribution in [1.29, 1.82) is 0 Å². The molecular weight excluding hydrogens is 164 g/mol. The van der Waals surface area contributed by atoms with Gasteiger partial charge in [0.2, 0.25) is 0 Å². The number of hydrogen-bond donors (Lipinski definition) is 3. The Morgan fingerprint density at radius 2 is 2.08 bits per heavy atom. The van der Waals surface area contributed by atoms with Crippen LogP contribution in [0.2, 0.25) is 0 Å². The van der Waals surface area contributed by atoms with Crippen LogP contribution in [0.5, 0.6) is 0 Å². The summed E-state index contributed by atoms with van der Waals surface area (Å²) in [6, 6.07) is -0.505. The number of carboxylic acids is 1. The molecule has 0 radical (unpaired) electrons. The molecule has 0 aliphatic carbocycles. The Kier molecular flexibility index (Phi) is 5.72. The average molecular weight is 176 g/mol. The summed E-state index contributed by atoms with van der Waals surface area (Å²) < 4.78 is 4.66. The number of carbonyl (C=O) groups excluding carboxylic acids is 1. The third-order valence-electron chi connectivity index (χ3n) is 0.992. The second-order valence-corrected chi connectivity index (χ2v) is 2.00. The van der Waals surface area contributed by atoms with Crippen molar-refractivity contribution in [3.8, 4) is 0 Å². The molecule has 0 rings (SSSR count). The molecule has 6 heteroatoms. The van der Waals surface area contributed by atoms with Gasteiger partial charge < -0.3 is 20.5 Å². The van der Waals surface area contributed by atoms with Gasteiger partial charge in [0, 0.05) is 13.7 Å². The van der Waals surface area contributed by atoms with Gasteiger partial charge in [-0.15, -0.1) is 0 Å². The van der Waals surface area contributed by atoms with Crippen molar-refractivity contribution in [3.63, 3.8) is 0 Å². The highest BCUT2D eigenvalue weighted by Gasteiger charge is 2.00. The zero-order valence-corrected chi connectivity index (χ0v) is 6.79. The highest BCUT2D eigenvalue weighted by molar-refractivity contribution is 5.79. The number of hydrogen-bond acceptors (Lipinski definition) is 3. The van der Waals surface area contributed by atoms with Crippen LogP contribution in [-0.2, 0) is 9.53 Å². The molecule has 0 heterocycles. The molecule has 0 aromatic heterocycles. The highest BCUT2D eigenvalue weighted by atomic mass is 16.5. The van der Waals surface area contributed by atoms with Crippen LogP contribution in [0.3, 0.4) is 0 Å². The summed E-state index contributed by atoms with van der Waals surface area (Å²) in [6.45, 7) is 0.390. The minimum Gasteiger partial charge on any atom is -0.480 e. The molecule has 0 fully saturated rings. The first kappa shape index (κ1) is 10.7. The third-order valence-corrected chi connectivity index (χ3v) is 0.992. The number of nitrogens with one attached hydrogen (secondary N) is 2. The van der Waals surface area contributed by atoms with E-state index in [0.29, 0.717) is 13.2 Å². The minimum atomic E-state index is -1.07. The molecular formula is C6H12N2O4. The third kappa shape index (κ3) is 6.81. The molecule has 6 nitrogen and oxygen atoms in total. The molecule has 3 N–H and O–H groups in total. The number of rotatable bonds is 5. The second-order valence-electron chi connectivity index (χ2n) is 2.00. The van der Waals surface area contributed by atoms with E-state index in [-0.39, 0.29) is 6.54 Å². The maximum atomic E-state index is 10.7. The molecule has 12 heavy (non-hydrogen) atoms. The summed E-state index contributed by atoms with van der Waals surface area (Å²) in [5.41, 5.74) is 0. The Labute approximate surface area is 69.9 Å². The summed E-state index contributed by atoms with van der Waals surface area (Å²) in [5, 5.41) is 12.7. The molecule has 70 valence electrons. The second kappa shape index (κ2) is 6.41. The Morgan fingerprint density at radius 3 is 2.58 bits per heavy atom. The summed E-state index contributed by atoms with van der Waals surface area (Å²) in [7, 11) is 1.51. The van der Waals surface area contributed by atoms with Crippen molar-refractivity contribution < 1.29 is 19.4 Å². The fraction of sp³-hybridized carbons (Fsp3) is 0.667. The molecule has 0 saturated heterocycles. The fourth-order valence-electron chi connectivity index (χ4n) is 0.485. The summed E-state index contributed by atoms with van der Waals surface area (Å²) >= 11 is 0. The van der Waals surface area contributed by atoms with Gasteiger partial charge in [-0.2, -0.15) is 0 Å². The van der Waals surface area contributed by atoms with E-state index >= 15 is 0 Å². The van der Waals surface area contributed by atoms with Gasteiger partial charge in [-0.1, -0.05) is 0 Å². The normalized spacial score (nSPS) is 9.08. The molecule has 0 spiro atoms. The lowest BCUT2D eigenvalue weighted by molar-refractivity contribution is -0.135. The lowest BCUT2D eigenvalue weighted by atomic mass is 10.6. The molecule has 0 aliphatic heterocycles. The Bertz CT molecular complexity index is 160. The van der Waals surface area contributed by atoms with E-state index in [1.54, 1.807) is 0 Å². The number of amides is 2. The molecule has 0 unspecified atom stereocenters. The lowest BCUT2D eigenvalue weighted by Gasteiger charge is -2.03. The number of carboxylic acid groups (broad SMARTS) is 1. The topological polar surface area (TPSA) is 87.7 Å². The van der Waals surface area contributed by atoms with Crippen LogP contribution in [-0.4, -0.2) is 43.9 Å². The molecule has 0 saturated carbocycles. The molecule has 0 atom stereocenters. The van der Waals surface area contributed by atoms with E-state index in [1.807, 2.05) is 0 Å². The van der Waals surface area contributed by atoms with Crippen LogP contribution in [0.25, 0.3) is 0 Å². The van der Waals surface area contributed by atoms with Crippen molar-refractivity contribution in [3.05, 3.63) is 0 Å². The van der Waals surface area contributed by atoms with Crippen LogP contribution in [0.1, 0.15) is 0 Å². The predicted molar refractivity (Wildman–Crippen MR) is 40.9 cm³/mol. The Balaban J connectivity index is 3.28. The number of aliphatic carboxylic acids is 1. The lowest BCUT2D eigenvalue weighted by Crippen LogP contribution is -2.39. The summed E-state index contributed by atoms with van der Waals surface area (Å²) in [6.07, 6.45) is 0. The van der Waals surface area contributed by atoms with Crippen LogP contribution in [0.4, 0.5) is 4.79 Å². The summed E-state index contributed by atoms with van der Waals surface area (Å²) in [5.74, 6) is -1.07. The zero-order valence-electron chi connectivity index (χ0n) is 6.79. The van der Waals surface area contributed by atoms with Crippen molar-refractivity contribution >= 4 is 12.0 Å². The standard InChI is InChI=1S/C6H12N2O4/c1-12-3-2-7-6(11)8-4-5(9)10/h2-4H2,1H3,(H,9,10)(H2,7,8,11). The maximum Gasteiger partial charge on any atom is 0.323 e. The first-order valence-electron chi connectivity index (χ1n) is 3.39. The smallest absolute Gasteiger partial charge is 0.323 e. The van der Waals surface area contributed by atoms with E-state index in [2.05, 4.69) is 15.4 Å². The van der Waals surface area contributed by atoms with Crippen molar-refractivity contribution in [2.45, 2.75) is 0 Å². The predicted octanol–water partition coefficient (Wildman–Crippen LogP) is -0.983. The molecule has 2 amide bonds. The maximum absolute atomic E-state index is 10.7. The summed E-state index contributed by atoms with van der Waals surface area (Å²) in [4.78, 5) is 20.6. The van der Waals surface area contributed by atoms with Crippen molar-refractivity contribution in [2.24, 2.45) is 0 Å². The minimum absolute atomic E-state index is 0.363. The number of carbonyl (C=O) groups is 2. The highest BCUT2D eigenvalue weighted by Crippen LogP contribution is 1.67. The van der Waals surface area contributed by atoms with E-state index in [9.17, 15) is 9.59 Å². The van der Waals surface area contributed by atoms with Crippen LogP contribution >= 0.6 is 0 Å². The first-order chi connectivity index (χ1) is 5.66. The first-order valence-corrected chi connectivity index (χ1v) is 3.39. The SMILES string of the molecule is COCCNC(=O)NCC(=O)O. The van der Waals surface area contributed by atoms with Gasteiger partial charge in [-0.25, -0.2) is 4.79 Å². The largest absolute Gasteiger partial charge is 0.480 e. The van der Waals surface area contributed by atoms with Crippen LogP contribution < -0.4 is 10.6 Å². The fourth-order valence-corrected chi connectivity index (χ4v) is 0.485. The quantitative estimate of drug-likeness (QED) is 0.470. The van der Waals surface area contributed by atoms with E-state index in [4.69, 9.17) is 5.11 Å². The van der Waals surface area contributed by atoms with Gasteiger partial charge >= 0.3 is 12.0 Å². The van der Waals surface area contributed by atoms with E-state index < -0.39 is 12.0 Å². The number of ether oxygens (including phenoxy) is 1. The molecule has 0 aromatic carbocycles. The van der Waals surface area contributed by atoms with Gasteiger partial charge in [-0.05, 0) is 0 Å². The molecule has 0 aromatic rings. The van der Waals surface area contributed by atoms with Gasteiger partial charge in [0.25, 0.3) is 0 Å². The molecule has 0 aliphatic rings. The number of urea groups is 1. The van der Waals surface area contributed by atoms with Crippen LogP contribution in [0.15, 0.2) is 0 Å². The van der Waals surface area contributed by atoms with Gasteiger partial charge in [0.05, 0.1) is 6.61 Å². The van der Waals surface area contributed by atoms with Crippen molar-refractivity contribution in [1.82, 2.24) is 10.6 Å². The van der Waals surface area contributed by atoms with Crippen LogP contribution in [0, 0.1) is 0 Å². The van der Waals surface area contributed by atoms with E-state index in [0.717, 1.165) is 0 Å². The van der Waals surface area contributed by atoms with Gasteiger partial charge in [-0.3, -0.25) is 4.79 Å². The Morgan fingerprint density at radius 1 is 1.42 bits per heavy atom. The monoisotopic (exact) mass is 176 g/mol. The molecule has 0 bridgehead atoms. The van der Waals surface area contributed by atoms with Crippen molar-refractivity contribution in [2.75, 3.05) is 26.8 Å².